The normalized spacial score (nSPS) is 42.8. The molecule has 6 nitrogen and oxygen atoms in total. The van der Waals surface area contributed by atoms with E-state index in [2.05, 4.69) is 12.3 Å². The van der Waals surface area contributed by atoms with Crippen molar-refractivity contribution in [2.75, 3.05) is 13.2 Å². The Kier molecular flexibility index (Phi) is 3.44. The first kappa shape index (κ1) is 15.0. The molecule has 118 valence electrons. The van der Waals surface area contributed by atoms with Gasteiger partial charge >= 0.3 is 0 Å². The summed E-state index contributed by atoms with van der Waals surface area (Å²) in [6, 6.07) is 0. The Morgan fingerprint density at radius 3 is 2.67 bits per heavy atom. The van der Waals surface area contributed by atoms with E-state index in [1.54, 1.807) is 0 Å². The molecule has 0 aromatic rings. The Morgan fingerprint density at radius 2 is 1.95 bits per heavy atom. The minimum atomic E-state index is -1.01. The molecule has 3 aliphatic heterocycles. The topological polar surface area (TPSA) is 55.4 Å². The van der Waals surface area contributed by atoms with E-state index in [1.165, 1.54) is 6.26 Å². The van der Waals surface area contributed by atoms with Crippen molar-refractivity contribution in [3.8, 4) is 0 Å². The van der Waals surface area contributed by atoms with Crippen molar-refractivity contribution < 1.29 is 28.4 Å². The van der Waals surface area contributed by atoms with Crippen molar-refractivity contribution in [1.82, 2.24) is 0 Å². The van der Waals surface area contributed by atoms with E-state index in [0.717, 1.165) is 0 Å². The van der Waals surface area contributed by atoms with E-state index < -0.39 is 23.5 Å². The molecule has 0 radical (unpaired) electrons. The van der Waals surface area contributed by atoms with Crippen LogP contribution in [0.5, 0.6) is 0 Å². The van der Waals surface area contributed by atoms with Crippen LogP contribution < -0.4 is 0 Å². The number of rotatable bonds is 3. The summed E-state index contributed by atoms with van der Waals surface area (Å²) in [4.78, 5) is 0. The number of fused-ring (bicyclic) bond motifs is 3. The molecule has 3 saturated heterocycles. The molecule has 0 amide bonds. The monoisotopic (exact) mass is 298 g/mol. The lowest BCUT2D eigenvalue weighted by Gasteiger charge is -2.39. The van der Waals surface area contributed by atoms with Gasteiger partial charge < -0.3 is 28.4 Å². The van der Waals surface area contributed by atoms with Gasteiger partial charge in [0.1, 0.15) is 31.2 Å². The van der Waals surface area contributed by atoms with Crippen LogP contribution in [-0.4, -0.2) is 48.9 Å². The summed E-state index contributed by atoms with van der Waals surface area (Å²) in [5, 5.41) is 0. The van der Waals surface area contributed by atoms with Crippen molar-refractivity contribution in [2.24, 2.45) is 0 Å². The molecule has 0 saturated carbocycles. The van der Waals surface area contributed by atoms with Gasteiger partial charge in [0, 0.05) is 0 Å². The highest BCUT2D eigenvalue weighted by Crippen LogP contribution is 2.47. The summed E-state index contributed by atoms with van der Waals surface area (Å²) >= 11 is 0. The third kappa shape index (κ3) is 2.63. The maximum Gasteiger partial charge on any atom is 0.235 e. The fourth-order valence-corrected chi connectivity index (χ4v) is 3.16. The average molecular weight is 298 g/mol. The highest BCUT2D eigenvalue weighted by Gasteiger charge is 2.65. The van der Waals surface area contributed by atoms with Crippen molar-refractivity contribution in [3.63, 3.8) is 0 Å². The van der Waals surface area contributed by atoms with Crippen LogP contribution >= 0.6 is 0 Å². The number of hydrogen-bond donors (Lipinski definition) is 0. The molecule has 3 aliphatic rings. The van der Waals surface area contributed by atoms with Gasteiger partial charge in [-0.2, -0.15) is 0 Å². The molecule has 6 heteroatoms. The second-order valence-electron chi connectivity index (χ2n) is 6.43. The quantitative estimate of drug-likeness (QED) is 0.584. The van der Waals surface area contributed by atoms with Crippen molar-refractivity contribution in [1.29, 1.82) is 0 Å². The standard InChI is InChI=1S/C15H22O6/c1-6-7-16-9-15-12(20-14(4,5)21-15)11-10(8-17-15)18-13(2,3)19-11/h7,10-12H,1,8-9H2,2-5H3/t10-,11-,12+,15+/m1/s1. The molecule has 0 aliphatic carbocycles. The number of ether oxygens (including phenoxy) is 6. The van der Waals surface area contributed by atoms with Crippen LogP contribution in [0.2, 0.25) is 0 Å². The zero-order chi connectivity index (χ0) is 15.3. The van der Waals surface area contributed by atoms with Gasteiger partial charge in [0.05, 0.1) is 6.61 Å². The van der Waals surface area contributed by atoms with E-state index in [0.29, 0.717) is 6.61 Å². The van der Waals surface area contributed by atoms with Crippen LogP contribution in [0.25, 0.3) is 0 Å². The third-order valence-electron chi connectivity index (χ3n) is 3.73. The first-order valence-electron chi connectivity index (χ1n) is 7.10. The van der Waals surface area contributed by atoms with E-state index in [-0.39, 0.29) is 18.8 Å². The molecule has 4 atom stereocenters. The van der Waals surface area contributed by atoms with E-state index in [1.807, 2.05) is 27.7 Å². The Morgan fingerprint density at radius 1 is 1.19 bits per heavy atom. The predicted octanol–water partition coefficient (Wildman–Crippen LogP) is 1.70. The first-order chi connectivity index (χ1) is 9.77. The summed E-state index contributed by atoms with van der Waals surface area (Å²) in [5.74, 6) is -2.45. The lowest BCUT2D eigenvalue weighted by Crippen LogP contribution is -2.60. The van der Waals surface area contributed by atoms with Gasteiger partial charge in [0.2, 0.25) is 5.79 Å². The van der Waals surface area contributed by atoms with Crippen LogP contribution in [-0.2, 0) is 28.4 Å². The SMILES string of the molecule is C=C=COC[C@@]12OC[C@H]3OC(C)(C)O[C@H]3[C@@H]1OC(C)(C)O2. The van der Waals surface area contributed by atoms with Gasteiger partial charge in [-0.25, -0.2) is 0 Å². The average Bonchev–Trinajstić information content (AvgIpc) is 2.81. The third-order valence-corrected chi connectivity index (χ3v) is 3.73. The highest BCUT2D eigenvalue weighted by molar-refractivity contribution is 5.03. The van der Waals surface area contributed by atoms with Crippen molar-refractivity contribution in [3.05, 3.63) is 18.6 Å². The zero-order valence-electron chi connectivity index (χ0n) is 12.9. The van der Waals surface area contributed by atoms with Gasteiger partial charge in [0.15, 0.2) is 11.6 Å². The van der Waals surface area contributed by atoms with Gasteiger partial charge in [0.25, 0.3) is 0 Å². The molecule has 3 fully saturated rings. The van der Waals surface area contributed by atoms with Crippen LogP contribution in [0.15, 0.2) is 18.6 Å². The summed E-state index contributed by atoms with van der Waals surface area (Å²) in [6.07, 6.45) is 0.523. The molecule has 3 rings (SSSR count). The Bertz CT molecular complexity index is 467. The molecule has 0 unspecified atom stereocenters. The zero-order valence-corrected chi connectivity index (χ0v) is 12.9. The van der Waals surface area contributed by atoms with Gasteiger partial charge in [-0.3, -0.25) is 0 Å². The second-order valence-corrected chi connectivity index (χ2v) is 6.43. The van der Waals surface area contributed by atoms with Crippen LogP contribution in [0.3, 0.4) is 0 Å². The molecular formula is C15H22O6. The van der Waals surface area contributed by atoms with Gasteiger partial charge in [-0.1, -0.05) is 12.3 Å². The molecule has 0 bridgehead atoms. The maximum absolute atomic E-state index is 6.01. The van der Waals surface area contributed by atoms with Gasteiger partial charge in [-0.15, -0.1) is 0 Å². The second kappa shape index (κ2) is 4.81. The van der Waals surface area contributed by atoms with Gasteiger partial charge in [-0.05, 0) is 27.7 Å². The molecule has 0 aromatic heterocycles. The lowest BCUT2D eigenvalue weighted by molar-refractivity contribution is -0.294. The maximum atomic E-state index is 6.01. The summed E-state index contributed by atoms with van der Waals surface area (Å²) in [5.41, 5.74) is 2.56. The van der Waals surface area contributed by atoms with Crippen LogP contribution in [0.4, 0.5) is 0 Å². The minimum Gasteiger partial charge on any atom is -0.487 e. The van der Waals surface area contributed by atoms with Crippen molar-refractivity contribution >= 4 is 0 Å². The van der Waals surface area contributed by atoms with Crippen LogP contribution in [0.1, 0.15) is 27.7 Å². The van der Waals surface area contributed by atoms with E-state index >= 15 is 0 Å². The fraction of sp³-hybridized carbons (Fsp3) is 0.800. The first-order valence-corrected chi connectivity index (χ1v) is 7.10. The minimum absolute atomic E-state index is 0.175. The molecule has 3 heterocycles. The molecule has 0 N–H and O–H groups in total. The van der Waals surface area contributed by atoms with E-state index in [9.17, 15) is 0 Å². The number of hydrogen-bond acceptors (Lipinski definition) is 6. The summed E-state index contributed by atoms with van der Waals surface area (Å²) in [6.45, 7) is 11.5. The predicted molar refractivity (Wildman–Crippen MR) is 72.2 cm³/mol. The lowest BCUT2D eigenvalue weighted by atomic mass is 9.97. The molecule has 0 spiro atoms. The fourth-order valence-electron chi connectivity index (χ4n) is 3.16. The largest absolute Gasteiger partial charge is 0.487 e. The molecular weight excluding hydrogens is 276 g/mol. The molecule has 21 heavy (non-hydrogen) atoms. The highest BCUT2D eigenvalue weighted by atomic mass is 16.9. The smallest absolute Gasteiger partial charge is 0.235 e. The Labute approximate surface area is 124 Å². The summed E-state index contributed by atoms with van der Waals surface area (Å²) in [7, 11) is 0. The summed E-state index contributed by atoms with van der Waals surface area (Å²) < 4.78 is 35.2. The van der Waals surface area contributed by atoms with Crippen LogP contribution in [0, 0.1) is 0 Å². The molecule has 0 aromatic carbocycles. The van der Waals surface area contributed by atoms with Crippen molar-refractivity contribution in [2.45, 2.75) is 63.4 Å². The van der Waals surface area contributed by atoms with E-state index in [4.69, 9.17) is 28.4 Å². The Balaban J connectivity index is 1.86. The Hall–Kier alpha value is -0.880.